The number of anilines is 1. The van der Waals surface area contributed by atoms with Crippen LogP contribution in [0.5, 0.6) is 5.75 Å². The number of Topliss-reactive ketones (excluding diaryl/α,β-unsaturated/α-hetero) is 1. The number of phenolic OH excluding ortho intramolecular Hbond substituents is 1. The lowest BCUT2D eigenvalue weighted by Gasteiger charge is -2.23. The van der Waals surface area contributed by atoms with Crippen LogP contribution in [0.15, 0.2) is 30.9 Å². The van der Waals surface area contributed by atoms with Gasteiger partial charge >= 0.3 is 0 Å². The molecule has 0 unspecified atom stereocenters. The van der Waals surface area contributed by atoms with Gasteiger partial charge in [-0.2, -0.15) is 0 Å². The number of rotatable bonds is 6. The van der Waals surface area contributed by atoms with Crippen LogP contribution in [0, 0.1) is 0 Å². The Morgan fingerprint density at radius 3 is 2.71 bits per heavy atom. The third-order valence-electron chi connectivity index (χ3n) is 2.57. The summed E-state index contributed by atoms with van der Waals surface area (Å²) in [7, 11) is 0. The molecule has 1 rings (SSSR count). The van der Waals surface area contributed by atoms with Crippen molar-refractivity contribution in [1.29, 1.82) is 0 Å². The molecule has 3 heteroatoms. The quantitative estimate of drug-likeness (QED) is 0.606. The summed E-state index contributed by atoms with van der Waals surface area (Å²) in [6.07, 6.45) is 2.84. The SMILES string of the molecule is C=CCN(CCC)c1ccc(C(C)=O)c(O)c1. The van der Waals surface area contributed by atoms with E-state index in [9.17, 15) is 9.90 Å². The minimum absolute atomic E-state index is 0.0418. The second kappa shape index (κ2) is 6.09. The zero-order chi connectivity index (χ0) is 12.8. The number of hydrogen-bond acceptors (Lipinski definition) is 3. The number of nitrogens with zero attached hydrogens (tertiary/aromatic N) is 1. The number of ketones is 1. The van der Waals surface area contributed by atoms with Crippen LogP contribution in [0.3, 0.4) is 0 Å². The van der Waals surface area contributed by atoms with Crippen LogP contribution in [0.25, 0.3) is 0 Å². The standard InChI is InChI=1S/C14H19NO2/c1-4-8-15(9-5-2)12-6-7-13(11(3)16)14(17)10-12/h4,6-7,10,17H,1,5,8-9H2,2-3H3. The average Bonchev–Trinajstić information content (AvgIpc) is 2.28. The summed E-state index contributed by atoms with van der Waals surface area (Å²) in [5, 5.41) is 9.77. The van der Waals surface area contributed by atoms with Crippen molar-refractivity contribution in [3.05, 3.63) is 36.4 Å². The number of phenols is 1. The highest BCUT2D eigenvalue weighted by Gasteiger charge is 2.10. The number of aromatic hydroxyl groups is 1. The maximum atomic E-state index is 11.2. The van der Waals surface area contributed by atoms with Gasteiger partial charge in [-0.25, -0.2) is 0 Å². The molecule has 1 N–H and O–H groups in total. The molecule has 0 bridgehead atoms. The largest absolute Gasteiger partial charge is 0.507 e. The maximum absolute atomic E-state index is 11.2. The predicted molar refractivity (Wildman–Crippen MR) is 70.8 cm³/mol. The molecule has 0 aromatic heterocycles. The van der Waals surface area contributed by atoms with E-state index in [1.807, 2.05) is 12.1 Å². The van der Waals surface area contributed by atoms with Crippen LogP contribution in [0.2, 0.25) is 0 Å². The molecule has 0 amide bonds. The van der Waals surface area contributed by atoms with Gasteiger partial charge in [0, 0.05) is 24.8 Å². The molecular weight excluding hydrogens is 214 g/mol. The summed E-state index contributed by atoms with van der Waals surface area (Å²) < 4.78 is 0. The molecule has 0 atom stereocenters. The first kappa shape index (κ1) is 13.3. The highest BCUT2D eigenvalue weighted by atomic mass is 16.3. The topological polar surface area (TPSA) is 40.5 Å². The Kier molecular flexibility index (Phi) is 4.76. The highest BCUT2D eigenvalue weighted by molar-refractivity contribution is 5.97. The molecular formula is C14H19NO2. The van der Waals surface area contributed by atoms with Crippen molar-refractivity contribution in [2.75, 3.05) is 18.0 Å². The summed E-state index contributed by atoms with van der Waals surface area (Å²) in [5.41, 5.74) is 1.28. The zero-order valence-electron chi connectivity index (χ0n) is 10.4. The van der Waals surface area contributed by atoms with Crippen molar-refractivity contribution in [3.8, 4) is 5.75 Å². The summed E-state index contributed by atoms with van der Waals surface area (Å²) in [6.45, 7) is 8.88. The molecule has 0 radical (unpaired) electrons. The number of carbonyl (C=O) groups is 1. The fourth-order valence-corrected chi connectivity index (χ4v) is 1.77. The van der Waals surface area contributed by atoms with E-state index in [0.29, 0.717) is 5.56 Å². The summed E-state index contributed by atoms with van der Waals surface area (Å²) >= 11 is 0. The van der Waals surface area contributed by atoms with Crippen LogP contribution in [-0.2, 0) is 0 Å². The van der Waals surface area contributed by atoms with Crippen LogP contribution < -0.4 is 4.90 Å². The van der Waals surface area contributed by atoms with Gasteiger partial charge < -0.3 is 10.0 Å². The monoisotopic (exact) mass is 233 g/mol. The Balaban J connectivity index is 3.01. The van der Waals surface area contributed by atoms with Crippen molar-refractivity contribution in [3.63, 3.8) is 0 Å². The van der Waals surface area contributed by atoms with E-state index >= 15 is 0 Å². The molecule has 0 aliphatic carbocycles. The molecule has 3 nitrogen and oxygen atoms in total. The van der Waals surface area contributed by atoms with E-state index in [-0.39, 0.29) is 11.5 Å². The predicted octanol–water partition coefficient (Wildman–Crippen LogP) is 3.00. The van der Waals surface area contributed by atoms with Gasteiger partial charge in [0.05, 0.1) is 5.56 Å². The zero-order valence-corrected chi connectivity index (χ0v) is 10.4. The molecule has 17 heavy (non-hydrogen) atoms. The van der Waals surface area contributed by atoms with Gasteiger partial charge in [0.25, 0.3) is 0 Å². The number of carbonyl (C=O) groups excluding carboxylic acids is 1. The second-order valence-electron chi connectivity index (χ2n) is 3.99. The van der Waals surface area contributed by atoms with Crippen molar-refractivity contribution in [1.82, 2.24) is 0 Å². The smallest absolute Gasteiger partial charge is 0.163 e. The van der Waals surface area contributed by atoms with Crippen molar-refractivity contribution >= 4 is 11.5 Å². The van der Waals surface area contributed by atoms with Crippen LogP contribution in [-0.4, -0.2) is 24.0 Å². The van der Waals surface area contributed by atoms with Gasteiger partial charge in [0.2, 0.25) is 0 Å². The lowest BCUT2D eigenvalue weighted by Crippen LogP contribution is -2.23. The molecule has 0 heterocycles. The molecule has 1 aromatic rings. The average molecular weight is 233 g/mol. The first-order valence-corrected chi connectivity index (χ1v) is 5.80. The summed E-state index contributed by atoms with van der Waals surface area (Å²) in [5.74, 6) is -0.0834. The lowest BCUT2D eigenvalue weighted by molar-refractivity contribution is 0.101. The van der Waals surface area contributed by atoms with E-state index in [1.165, 1.54) is 6.92 Å². The van der Waals surface area contributed by atoms with E-state index in [2.05, 4.69) is 18.4 Å². The van der Waals surface area contributed by atoms with Crippen molar-refractivity contribution in [2.24, 2.45) is 0 Å². The normalized spacial score (nSPS) is 10.0. The van der Waals surface area contributed by atoms with Gasteiger partial charge in [0.15, 0.2) is 5.78 Å². The fourth-order valence-electron chi connectivity index (χ4n) is 1.77. The third kappa shape index (κ3) is 3.34. The van der Waals surface area contributed by atoms with Crippen LogP contribution in [0.1, 0.15) is 30.6 Å². The maximum Gasteiger partial charge on any atom is 0.163 e. The molecule has 92 valence electrons. The van der Waals surface area contributed by atoms with E-state index in [4.69, 9.17) is 0 Å². The number of benzene rings is 1. The van der Waals surface area contributed by atoms with E-state index in [0.717, 1.165) is 25.2 Å². The summed E-state index contributed by atoms with van der Waals surface area (Å²) in [6, 6.07) is 5.16. The van der Waals surface area contributed by atoms with Gasteiger partial charge in [-0.1, -0.05) is 13.0 Å². The fraction of sp³-hybridized carbons (Fsp3) is 0.357. The number of hydrogen-bond donors (Lipinski definition) is 1. The first-order valence-electron chi connectivity index (χ1n) is 5.80. The van der Waals surface area contributed by atoms with Gasteiger partial charge in [-0.3, -0.25) is 4.79 Å². The second-order valence-corrected chi connectivity index (χ2v) is 3.99. The van der Waals surface area contributed by atoms with Crippen molar-refractivity contribution in [2.45, 2.75) is 20.3 Å². The Labute approximate surface area is 102 Å². The highest BCUT2D eigenvalue weighted by Crippen LogP contribution is 2.25. The van der Waals surface area contributed by atoms with Crippen LogP contribution in [0.4, 0.5) is 5.69 Å². The molecule has 0 aliphatic heterocycles. The lowest BCUT2D eigenvalue weighted by atomic mass is 10.1. The van der Waals surface area contributed by atoms with Gasteiger partial charge in [-0.15, -0.1) is 6.58 Å². The first-order chi connectivity index (χ1) is 8.10. The molecule has 0 aliphatic rings. The van der Waals surface area contributed by atoms with Gasteiger partial charge in [0.1, 0.15) is 5.75 Å². The Hall–Kier alpha value is -1.77. The Bertz CT molecular complexity index is 413. The van der Waals surface area contributed by atoms with Crippen LogP contribution >= 0.6 is 0 Å². The molecule has 0 saturated heterocycles. The van der Waals surface area contributed by atoms with E-state index < -0.39 is 0 Å². The van der Waals surface area contributed by atoms with Crippen molar-refractivity contribution < 1.29 is 9.90 Å². The Morgan fingerprint density at radius 1 is 1.53 bits per heavy atom. The molecule has 0 spiro atoms. The minimum Gasteiger partial charge on any atom is -0.507 e. The van der Waals surface area contributed by atoms with E-state index in [1.54, 1.807) is 12.1 Å². The molecule has 1 aromatic carbocycles. The minimum atomic E-state index is -0.125. The summed E-state index contributed by atoms with van der Waals surface area (Å²) in [4.78, 5) is 13.3. The third-order valence-corrected chi connectivity index (χ3v) is 2.57. The Morgan fingerprint density at radius 2 is 2.24 bits per heavy atom. The molecule has 0 saturated carbocycles. The van der Waals surface area contributed by atoms with Gasteiger partial charge in [-0.05, 0) is 25.5 Å². The molecule has 0 fully saturated rings.